The molecule has 1 saturated carbocycles. The average Bonchev–Trinajstić information content (AvgIpc) is 3.12. The molecule has 1 N–H and O–H groups in total. The van der Waals surface area contributed by atoms with E-state index in [1.165, 1.54) is 11.9 Å². The van der Waals surface area contributed by atoms with E-state index in [0.29, 0.717) is 23.1 Å². The van der Waals surface area contributed by atoms with Gasteiger partial charge in [0, 0.05) is 12.0 Å². The van der Waals surface area contributed by atoms with Crippen molar-refractivity contribution in [2.75, 3.05) is 0 Å². The first kappa shape index (κ1) is 10.5. The normalized spacial score (nSPS) is 21.7. The third-order valence-electron chi connectivity index (χ3n) is 3.71. The number of fused-ring (bicyclic) bond motifs is 1. The van der Waals surface area contributed by atoms with Gasteiger partial charge in [-0.25, -0.2) is 9.97 Å². The van der Waals surface area contributed by atoms with Gasteiger partial charge in [-0.05, 0) is 12.0 Å². The average molecular weight is 252 g/mol. The molecule has 1 aliphatic rings. The highest BCUT2D eigenvalue weighted by atomic mass is 16.1. The van der Waals surface area contributed by atoms with Crippen molar-refractivity contribution in [3.05, 3.63) is 58.9 Å². The van der Waals surface area contributed by atoms with Crippen molar-refractivity contribution in [3.8, 4) is 0 Å². The Kier molecular flexibility index (Phi) is 2.09. The summed E-state index contributed by atoms with van der Waals surface area (Å²) in [7, 11) is 0. The third kappa shape index (κ3) is 1.58. The Morgan fingerprint density at radius 3 is 2.89 bits per heavy atom. The van der Waals surface area contributed by atoms with Gasteiger partial charge in [0.1, 0.15) is 0 Å². The van der Waals surface area contributed by atoms with Crippen LogP contribution in [-0.2, 0) is 0 Å². The molecule has 2 heterocycles. The molecule has 0 aliphatic heterocycles. The van der Waals surface area contributed by atoms with Crippen molar-refractivity contribution >= 4 is 11.2 Å². The van der Waals surface area contributed by atoms with E-state index in [2.05, 4.69) is 39.2 Å². The predicted octanol–water partition coefficient (Wildman–Crippen LogP) is 1.85. The van der Waals surface area contributed by atoms with Crippen LogP contribution in [-0.4, -0.2) is 19.5 Å². The zero-order valence-electron chi connectivity index (χ0n) is 10.2. The molecule has 0 radical (unpaired) electrons. The first-order valence-corrected chi connectivity index (χ1v) is 6.30. The van der Waals surface area contributed by atoms with E-state index in [0.717, 1.165) is 6.42 Å². The van der Waals surface area contributed by atoms with Crippen LogP contribution in [0.5, 0.6) is 0 Å². The molecule has 2 aromatic heterocycles. The maximum Gasteiger partial charge on any atom is 0.278 e. The van der Waals surface area contributed by atoms with Crippen molar-refractivity contribution in [2.24, 2.45) is 0 Å². The lowest BCUT2D eigenvalue weighted by Gasteiger charge is -2.02. The SMILES string of the molecule is O=c1[nH]cnc2c1ncn2[C@H]1C[C@@H]1c1ccccc1. The summed E-state index contributed by atoms with van der Waals surface area (Å²) in [5, 5.41) is 0. The lowest BCUT2D eigenvalue weighted by Crippen LogP contribution is -2.07. The molecule has 0 bridgehead atoms. The molecule has 1 aromatic carbocycles. The number of imidazole rings is 1. The quantitative estimate of drug-likeness (QED) is 0.757. The summed E-state index contributed by atoms with van der Waals surface area (Å²) < 4.78 is 2.02. The second-order valence-corrected chi connectivity index (χ2v) is 4.88. The van der Waals surface area contributed by atoms with Crippen LogP contribution in [0.15, 0.2) is 47.8 Å². The molecule has 0 amide bonds. The second kappa shape index (κ2) is 3.78. The number of hydrogen-bond donors (Lipinski definition) is 1. The standard InChI is InChI=1S/C14H12N4O/c19-14-12-13(15-7-16-14)18(8-17-12)11-6-10(11)9-4-2-1-3-5-9/h1-5,7-8,10-11H,6H2,(H,15,16,19)/t10-,11+/m1/s1. The van der Waals surface area contributed by atoms with E-state index in [-0.39, 0.29) is 5.56 Å². The van der Waals surface area contributed by atoms with Crippen molar-refractivity contribution in [1.29, 1.82) is 0 Å². The minimum atomic E-state index is -0.180. The fourth-order valence-corrected chi connectivity index (χ4v) is 2.65. The van der Waals surface area contributed by atoms with Crippen molar-refractivity contribution < 1.29 is 0 Å². The predicted molar refractivity (Wildman–Crippen MR) is 71.0 cm³/mol. The van der Waals surface area contributed by atoms with Crippen LogP contribution < -0.4 is 5.56 Å². The Morgan fingerprint density at radius 2 is 2.05 bits per heavy atom. The van der Waals surface area contributed by atoms with Crippen molar-refractivity contribution in [2.45, 2.75) is 18.4 Å². The molecule has 94 valence electrons. The van der Waals surface area contributed by atoms with Gasteiger partial charge in [-0.2, -0.15) is 0 Å². The first-order valence-electron chi connectivity index (χ1n) is 6.30. The van der Waals surface area contributed by atoms with Gasteiger partial charge in [0.2, 0.25) is 0 Å². The van der Waals surface area contributed by atoms with Gasteiger partial charge in [-0.3, -0.25) is 4.79 Å². The maximum absolute atomic E-state index is 11.6. The number of nitrogens with zero attached hydrogens (tertiary/aromatic N) is 3. The largest absolute Gasteiger partial charge is 0.311 e. The smallest absolute Gasteiger partial charge is 0.278 e. The number of hydrogen-bond acceptors (Lipinski definition) is 3. The topological polar surface area (TPSA) is 63.6 Å². The molecule has 5 nitrogen and oxygen atoms in total. The monoisotopic (exact) mass is 252 g/mol. The summed E-state index contributed by atoms with van der Waals surface area (Å²) >= 11 is 0. The molecule has 0 spiro atoms. The highest BCUT2D eigenvalue weighted by Gasteiger charge is 2.40. The summed E-state index contributed by atoms with van der Waals surface area (Å²) in [5.74, 6) is 0.500. The van der Waals surface area contributed by atoms with Crippen LogP contribution in [0.4, 0.5) is 0 Å². The van der Waals surface area contributed by atoms with Crippen LogP contribution in [0.1, 0.15) is 23.9 Å². The molecule has 19 heavy (non-hydrogen) atoms. The molecule has 1 aliphatic carbocycles. The molecule has 3 aromatic rings. The molecule has 5 heteroatoms. The summed E-state index contributed by atoms with van der Waals surface area (Å²) in [4.78, 5) is 22.6. The van der Waals surface area contributed by atoms with Gasteiger partial charge in [-0.1, -0.05) is 30.3 Å². The molecule has 0 unspecified atom stereocenters. The van der Waals surface area contributed by atoms with Crippen LogP contribution >= 0.6 is 0 Å². The van der Waals surface area contributed by atoms with E-state index in [9.17, 15) is 4.79 Å². The molecule has 4 rings (SSSR count). The van der Waals surface area contributed by atoms with Gasteiger partial charge >= 0.3 is 0 Å². The number of H-pyrrole nitrogens is 1. The summed E-state index contributed by atoms with van der Waals surface area (Å²) in [5.41, 5.74) is 2.24. The van der Waals surface area contributed by atoms with Crippen LogP contribution in [0.2, 0.25) is 0 Å². The zero-order chi connectivity index (χ0) is 12.8. The van der Waals surface area contributed by atoms with Gasteiger partial charge < -0.3 is 9.55 Å². The minimum Gasteiger partial charge on any atom is -0.311 e. The second-order valence-electron chi connectivity index (χ2n) is 4.88. The Hall–Kier alpha value is -2.43. The summed E-state index contributed by atoms with van der Waals surface area (Å²) in [6, 6.07) is 10.8. The molecular formula is C14H12N4O. The fourth-order valence-electron chi connectivity index (χ4n) is 2.65. The van der Waals surface area contributed by atoms with E-state index in [1.54, 1.807) is 6.33 Å². The highest BCUT2D eigenvalue weighted by molar-refractivity contribution is 5.69. The van der Waals surface area contributed by atoms with Crippen molar-refractivity contribution in [1.82, 2.24) is 19.5 Å². The first-order chi connectivity index (χ1) is 9.34. The summed E-state index contributed by atoms with van der Waals surface area (Å²) in [6.45, 7) is 0. The molecular weight excluding hydrogens is 240 g/mol. The summed E-state index contributed by atoms with van der Waals surface area (Å²) in [6.07, 6.45) is 4.23. The highest BCUT2D eigenvalue weighted by Crippen LogP contribution is 2.51. The lowest BCUT2D eigenvalue weighted by molar-refractivity contribution is 0.731. The zero-order valence-corrected chi connectivity index (χ0v) is 10.2. The number of benzene rings is 1. The number of rotatable bonds is 2. The van der Waals surface area contributed by atoms with Gasteiger partial charge in [0.15, 0.2) is 11.2 Å². The third-order valence-corrected chi connectivity index (χ3v) is 3.71. The van der Waals surface area contributed by atoms with Gasteiger partial charge in [0.05, 0.1) is 12.7 Å². The van der Waals surface area contributed by atoms with Gasteiger partial charge in [-0.15, -0.1) is 0 Å². The van der Waals surface area contributed by atoms with Gasteiger partial charge in [0.25, 0.3) is 5.56 Å². The van der Waals surface area contributed by atoms with Crippen LogP contribution in [0, 0.1) is 0 Å². The molecule has 1 fully saturated rings. The Morgan fingerprint density at radius 1 is 1.21 bits per heavy atom. The Labute approximate surface area is 108 Å². The molecule has 2 atom stereocenters. The Balaban J connectivity index is 1.74. The van der Waals surface area contributed by atoms with E-state index >= 15 is 0 Å². The lowest BCUT2D eigenvalue weighted by atomic mass is 10.1. The van der Waals surface area contributed by atoms with Crippen molar-refractivity contribution in [3.63, 3.8) is 0 Å². The van der Waals surface area contributed by atoms with E-state index < -0.39 is 0 Å². The van der Waals surface area contributed by atoms with Crippen LogP contribution in [0.3, 0.4) is 0 Å². The van der Waals surface area contributed by atoms with Crippen LogP contribution in [0.25, 0.3) is 11.2 Å². The van der Waals surface area contributed by atoms with E-state index in [4.69, 9.17) is 0 Å². The van der Waals surface area contributed by atoms with E-state index in [1.807, 2.05) is 10.6 Å². The number of nitrogens with one attached hydrogen (secondary N) is 1. The Bertz CT molecular complexity index is 790. The number of aromatic nitrogens is 4. The minimum absolute atomic E-state index is 0.180. The number of aromatic amines is 1. The maximum atomic E-state index is 11.6. The molecule has 0 saturated heterocycles. The fraction of sp³-hybridized carbons (Fsp3) is 0.214.